The smallest absolute Gasteiger partial charge is 0.240 e. The van der Waals surface area contributed by atoms with Crippen LogP contribution < -0.4 is 0 Å². The van der Waals surface area contributed by atoms with E-state index in [0.29, 0.717) is 6.04 Å². The largest absolute Gasteiger partial charge is 0.385 e. The van der Waals surface area contributed by atoms with Gasteiger partial charge in [0.1, 0.15) is 0 Å². The molecule has 0 N–H and O–H groups in total. The first-order valence-electron chi connectivity index (χ1n) is 10.8. The summed E-state index contributed by atoms with van der Waals surface area (Å²) in [5.74, 6) is 1.65. The van der Waals surface area contributed by atoms with Gasteiger partial charge in [0.05, 0.1) is 12.0 Å². The van der Waals surface area contributed by atoms with E-state index in [9.17, 15) is 0 Å². The predicted octanol–water partition coefficient (Wildman–Crippen LogP) is 4.63. The molecule has 5 nitrogen and oxygen atoms in total. The summed E-state index contributed by atoms with van der Waals surface area (Å²) in [5.41, 5.74) is 2.55. The van der Waals surface area contributed by atoms with E-state index in [-0.39, 0.29) is 5.41 Å². The summed E-state index contributed by atoms with van der Waals surface area (Å²) in [6, 6.07) is 9.46. The highest BCUT2D eigenvalue weighted by Gasteiger charge is 2.41. The van der Waals surface area contributed by atoms with Gasteiger partial charge in [0.25, 0.3) is 0 Å². The van der Waals surface area contributed by atoms with Crippen molar-refractivity contribution in [1.29, 1.82) is 0 Å². The first-order valence-corrected chi connectivity index (χ1v) is 10.8. The monoisotopic (exact) mass is 383 g/mol. The second-order valence-corrected chi connectivity index (χ2v) is 8.57. The van der Waals surface area contributed by atoms with Gasteiger partial charge in [-0.25, -0.2) is 0 Å². The van der Waals surface area contributed by atoms with E-state index in [0.717, 1.165) is 50.7 Å². The minimum absolute atomic E-state index is 0.0766. The molecule has 5 heteroatoms. The lowest BCUT2D eigenvalue weighted by molar-refractivity contribution is 0.0882. The van der Waals surface area contributed by atoms with E-state index in [1.165, 1.54) is 43.2 Å². The molecule has 1 aromatic heterocycles. The van der Waals surface area contributed by atoms with Crippen molar-refractivity contribution in [3.05, 3.63) is 47.1 Å². The summed E-state index contributed by atoms with van der Waals surface area (Å²) in [5, 5.41) is 4.48. The number of ether oxygens (including phenoxy) is 1. The molecular weight excluding hydrogens is 350 g/mol. The van der Waals surface area contributed by atoms with E-state index < -0.39 is 0 Å². The van der Waals surface area contributed by atoms with E-state index in [1.807, 2.05) is 0 Å². The van der Waals surface area contributed by atoms with Crippen LogP contribution in [0, 0.1) is 6.92 Å². The van der Waals surface area contributed by atoms with Crippen molar-refractivity contribution in [2.45, 2.75) is 76.3 Å². The maximum atomic E-state index is 5.77. The molecule has 0 unspecified atom stereocenters. The molecular formula is C23H33N3O2. The Morgan fingerprint density at radius 2 is 1.93 bits per heavy atom. The van der Waals surface area contributed by atoms with Crippen LogP contribution in [0.1, 0.15) is 74.2 Å². The fraction of sp³-hybridized carbons (Fsp3) is 0.652. The van der Waals surface area contributed by atoms with Gasteiger partial charge in [-0.2, -0.15) is 4.98 Å². The Morgan fingerprint density at radius 3 is 2.68 bits per heavy atom. The number of rotatable bonds is 7. The van der Waals surface area contributed by atoms with Crippen LogP contribution in [0.5, 0.6) is 0 Å². The summed E-state index contributed by atoms with van der Waals surface area (Å²) in [4.78, 5) is 7.43. The summed E-state index contributed by atoms with van der Waals surface area (Å²) in [6.07, 6.45) is 9.52. The minimum Gasteiger partial charge on any atom is -0.385 e. The van der Waals surface area contributed by atoms with Crippen molar-refractivity contribution in [2.24, 2.45) is 0 Å². The van der Waals surface area contributed by atoms with Gasteiger partial charge in [-0.1, -0.05) is 54.2 Å². The van der Waals surface area contributed by atoms with Crippen LogP contribution in [0.2, 0.25) is 0 Å². The maximum absolute atomic E-state index is 5.77. The van der Waals surface area contributed by atoms with Gasteiger partial charge < -0.3 is 9.26 Å². The lowest BCUT2D eigenvalue weighted by atomic mass is 9.78. The molecule has 4 rings (SSSR count). The zero-order chi connectivity index (χ0) is 19.4. The SMILES string of the molecule is COCC[C@H]1CCCCN1Cc1nc(C2(c3ccc(C)cc3)CCCC2)no1. The molecule has 1 aliphatic carbocycles. The van der Waals surface area contributed by atoms with Crippen LogP contribution in [0.15, 0.2) is 28.8 Å². The quantitative estimate of drug-likeness (QED) is 0.698. The molecule has 2 fully saturated rings. The van der Waals surface area contributed by atoms with Crippen LogP contribution in [0.4, 0.5) is 0 Å². The van der Waals surface area contributed by atoms with Gasteiger partial charge in [0.15, 0.2) is 5.82 Å². The molecule has 0 radical (unpaired) electrons. The van der Waals surface area contributed by atoms with Crippen molar-refractivity contribution < 1.29 is 9.26 Å². The summed E-state index contributed by atoms with van der Waals surface area (Å²) >= 11 is 0. The zero-order valence-corrected chi connectivity index (χ0v) is 17.3. The normalized spacial score (nSPS) is 22.6. The number of methoxy groups -OCH3 is 1. The summed E-state index contributed by atoms with van der Waals surface area (Å²) in [6.45, 7) is 4.81. The molecule has 2 aliphatic rings. The number of likely N-dealkylation sites (tertiary alicyclic amines) is 1. The van der Waals surface area contributed by atoms with E-state index >= 15 is 0 Å². The average molecular weight is 384 g/mol. The summed E-state index contributed by atoms with van der Waals surface area (Å²) in [7, 11) is 1.78. The first-order chi connectivity index (χ1) is 13.7. The third kappa shape index (κ3) is 4.01. The van der Waals surface area contributed by atoms with Crippen LogP contribution in [0.3, 0.4) is 0 Å². The Bertz CT molecular complexity index is 749. The van der Waals surface area contributed by atoms with Crippen molar-refractivity contribution >= 4 is 0 Å². The Kier molecular flexibility index (Phi) is 6.12. The highest BCUT2D eigenvalue weighted by Crippen LogP contribution is 2.45. The Morgan fingerprint density at radius 1 is 1.14 bits per heavy atom. The van der Waals surface area contributed by atoms with Crippen LogP contribution in [-0.4, -0.2) is 41.3 Å². The lowest BCUT2D eigenvalue weighted by Gasteiger charge is -2.34. The standard InChI is InChI=1S/C23H33N3O2/c1-18-8-10-19(11-9-18)23(13-4-5-14-23)22-24-21(28-25-22)17-26-15-6-3-7-20(26)12-16-27-2/h8-11,20H,3-7,12-17H2,1-2H3/t20-/m1/s1. The topological polar surface area (TPSA) is 51.4 Å². The van der Waals surface area contributed by atoms with Gasteiger partial charge in [-0.3, -0.25) is 4.90 Å². The Balaban J connectivity index is 1.53. The van der Waals surface area contributed by atoms with Crippen LogP contribution in [-0.2, 0) is 16.7 Å². The van der Waals surface area contributed by atoms with E-state index in [1.54, 1.807) is 7.11 Å². The highest BCUT2D eigenvalue weighted by atomic mass is 16.5. The fourth-order valence-corrected chi connectivity index (χ4v) is 5.03. The van der Waals surface area contributed by atoms with Crippen LogP contribution >= 0.6 is 0 Å². The summed E-state index contributed by atoms with van der Waals surface area (Å²) < 4.78 is 11.1. The van der Waals surface area contributed by atoms with Gasteiger partial charge in [0.2, 0.25) is 5.89 Å². The average Bonchev–Trinajstić information content (AvgIpc) is 3.38. The van der Waals surface area contributed by atoms with E-state index in [2.05, 4.69) is 41.2 Å². The fourth-order valence-electron chi connectivity index (χ4n) is 5.03. The van der Waals surface area contributed by atoms with Gasteiger partial charge in [-0.05, 0) is 51.1 Å². The molecule has 0 bridgehead atoms. The number of benzene rings is 1. The molecule has 1 saturated carbocycles. The number of piperidine rings is 1. The van der Waals surface area contributed by atoms with Crippen molar-refractivity contribution in [3.8, 4) is 0 Å². The highest BCUT2D eigenvalue weighted by molar-refractivity contribution is 5.35. The number of hydrogen-bond acceptors (Lipinski definition) is 5. The maximum Gasteiger partial charge on any atom is 0.240 e. The second-order valence-electron chi connectivity index (χ2n) is 8.57. The Hall–Kier alpha value is -1.72. The van der Waals surface area contributed by atoms with Gasteiger partial charge in [-0.15, -0.1) is 0 Å². The predicted molar refractivity (Wildman–Crippen MR) is 109 cm³/mol. The number of hydrogen-bond donors (Lipinski definition) is 0. The molecule has 1 atom stereocenters. The zero-order valence-electron chi connectivity index (χ0n) is 17.3. The third-order valence-corrected chi connectivity index (χ3v) is 6.70. The van der Waals surface area contributed by atoms with Crippen LogP contribution in [0.25, 0.3) is 0 Å². The van der Waals surface area contributed by atoms with Crippen molar-refractivity contribution in [3.63, 3.8) is 0 Å². The molecule has 152 valence electrons. The number of nitrogens with zero attached hydrogens (tertiary/aromatic N) is 3. The molecule has 2 aromatic rings. The van der Waals surface area contributed by atoms with Gasteiger partial charge in [0, 0.05) is 19.8 Å². The van der Waals surface area contributed by atoms with Gasteiger partial charge >= 0.3 is 0 Å². The molecule has 1 aliphatic heterocycles. The lowest BCUT2D eigenvalue weighted by Crippen LogP contribution is -2.39. The molecule has 28 heavy (non-hydrogen) atoms. The van der Waals surface area contributed by atoms with E-state index in [4.69, 9.17) is 14.2 Å². The van der Waals surface area contributed by atoms with Crippen molar-refractivity contribution in [1.82, 2.24) is 15.0 Å². The van der Waals surface area contributed by atoms with Crippen molar-refractivity contribution in [2.75, 3.05) is 20.3 Å². The molecule has 1 saturated heterocycles. The Labute approximate surface area is 168 Å². The second kappa shape index (κ2) is 8.75. The molecule has 0 spiro atoms. The molecule has 1 aromatic carbocycles. The molecule has 0 amide bonds. The molecule has 2 heterocycles. The first kappa shape index (κ1) is 19.6. The number of aryl methyl sites for hydroxylation is 1. The number of aromatic nitrogens is 2. The minimum atomic E-state index is -0.0766. The third-order valence-electron chi connectivity index (χ3n) is 6.70.